The SMILES string of the molecule is Cl.N=C(N)SCc1cccc(C(=O)O)c1. The van der Waals surface area contributed by atoms with Crippen LogP contribution in [0.2, 0.25) is 0 Å². The maximum absolute atomic E-state index is 10.6. The minimum atomic E-state index is -0.945. The first-order chi connectivity index (χ1) is 6.59. The molecule has 0 heterocycles. The van der Waals surface area contributed by atoms with Crippen LogP contribution in [-0.4, -0.2) is 16.2 Å². The summed E-state index contributed by atoms with van der Waals surface area (Å²) in [6.07, 6.45) is 0. The smallest absolute Gasteiger partial charge is 0.335 e. The second-order valence-electron chi connectivity index (χ2n) is 2.66. The Morgan fingerprint density at radius 1 is 1.53 bits per heavy atom. The molecule has 6 heteroatoms. The molecule has 0 bridgehead atoms. The quantitative estimate of drug-likeness (QED) is 0.562. The van der Waals surface area contributed by atoms with E-state index in [1.54, 1.807) is 12.1 Å². The Bertz CT molecular complexity index is 371. The molecule has 0 amide bonds. The van der Waals surface area contributed by atoms with Gasteiger partial charge in [-0.3, -0.25) is 5.41 Å². The number of carbonyl (C=O) groups is 1. The van der Waals surface area contributed by atoms with Gasteiger partial charge in [0.25, 0.3) is 0 Å². The van der Waals surface area contributed by atoms with E-state index in [0.29, 0.717) is 5.75 Å². The van der Waals surface area contributed by atoms with E-state index >= 15 is 0 Å². The fourth-order valence-corrected chi connectivity index (χ4v) is 1.46. The normalized spacial score (nSPS) is 9.07. The Morgan fingerprint density at radius 2 is 2.20 bits per heavy atom. The summed E-state index contributed by atoms with van der Waals surface area (Å²) in [7, 11) is 0. The molecule has 0 saturated heterocycles. The second-order valence-corrected chi connectivity index (χ2v) is 3.68. The van der Waals surface area contributed by atoms with Crippen molar-refractivity contribution in [3.63, 3.8) is 0 Å². The Labute approximate surface area is 97.8 Å². The topological polar surface area (TPSA) is 87.2 Å². The van der Waals surface area contributed by atoms with Crippen LogP contribution >= 0.6 is 24.2 Å². The van der Waals surface area contributed by atoms with Crippen molar-refractivity contribution >= 4 is 35.3 Å². The van der Waals surface area contributed by atoms with Crippen LogP contribution in [0.1, 0.15) is 15.9 Å². The molecule has 4 nitrogen and oxygen atoms in total. The van der Waals surface area contributed by atoms with E-state index in [1.807, 2.05) is 6.07 Å². The van der Waals surface area contributed by atoms with Crippen LogP contribution in [0.15, 0.2) is 24.3 Å². The van der Waals surface area contributed by atoms with Gasteiger partial charge in [-0.05, 0) is 17.7 Å². The summed E-state index contributed by atoms with van der Waals surface area (Å²) in [4.78, 5) is 10.6. The van der Waals surface area contributed by atoms with Gasteiger partial charge in [-0.2, -0.15) is 0 Å². The molecule has 15 heavy (non-hydrogen) atoms. The van der Waals surface area contributed by atoms with E-state index in [1.165, 1.54) is 17.8 Å². The second kappa shape index (κ2) is 6.31. The Morgan fingerprint density at radius 3 is 2.73 bits per heavy atom. The third-order valence-electron chi connectivity index (χ3n) is 1.57. The van der Waals surface area contributed by atoms with Crippen LogP contribution < -0.4 is 5.73 Å². The molecule has 1 rings (SSSR count). The largest absolute Gasteiger partial charge is 0.478 e. The van der Waals surface area contributed by atoms with Gasteiger partial charge in [-0.25, -0.2) is 4.79 Å². The highest BCUT2D eigenvalue weighted by atomic mass is 35.5. The number of rotatable bonds is 3. The zero-order valence-electron chi connectivity index (χ0n) is 7.77. The standard InChI is InChI=1S/C9H10N2O2S.ClH/c10-9(11)14-5-6-2-1-3-7(4-6)8(12)13;/h1-4H,5H2,(H3,10,11)(H,12,13);1H. The van der Waals surface area contributed by atoms with Crippen molar-refractivity contribution in [3.8, 4) is 0 Å². The summed E-state index contributed by atoms with van der Waals surface area (Å²) in [6, 6.07) is 6.60. The van der Waals surface area contributed by atoms with E-state index in [2.05, 4.69) is 0 Å². The third kappa shape index (κ3) is 4.71. The number of hydrogen-bond donors (Lipinski definition) is 3. The van der Waals surface area contributed by atoms with Crippen molar-refractivity contribution < 1.29 is 9.90 Å². The summed E-state index contributed by atoms with van der Waals surface area (Å²) >= 11 is 1.17. The molecule has 0 saturated carbocycles. The Kier molecular flexibility index (Phi) is 5.81. The highest BCUT2D eigenvalue weighted by Gasteiger charge is 2.03. The molecule has 1 aromatic carbocycles. The van der Waals surface area contributed by atoms with Gasteiger partial charge < -0.3 is 10.8 Å². The first kappa shape index (κ1) is 13.8. The lowest BCUT2D eigenvalue weighted by Gasteiger charge is -2.01. The minimum absolute atomic E-state index is 0. The summed E-state index contributed by atoms with van der Waals surface area (Å²) in [5.41, 5.74) is 6.28. The zero-order valence-corrected chi connectivity index (χ0v) is 9.40. The van der Waals surface area contributed by atoms with E-state index in [0.717, 1.165) is 5.56 Å². The van der Waals surface area contributed by atoms with Crippen molar-refractivity contribution in [1.82, 2.24) is 0 Å². The number of aromatic carboxylic acids is 1. The van der Waals surface area contributed by atoms with Crippen LogP contribution in [0, 0.1) is 5.41 Å². The van der Waals surface area contributed by atoms with Crippen molar-refractivity contribution in [1.29, 1.82) is 5.41 Å². The number of nitrogens with one attached hydrogen (secondary N) is 1. The summed E-state index contributed by atoms with van der Waals surface area (Å²) in [6.45, 7) is 0. The van der Waals surface area contributed by atoms with E-state index in [-0.39, 0.29) is 23.1 Å². The van der Waals surface area contributed by atoms with Gasteiger partial charge in [0.05, 0.1) is 5.56 Å². The summed E-state index contributed by atoms with van der Waals surface area (Å²) in [5, 5.41) is 15.8. The monoisotopic (exact) mass is 246 g/mol. The van der Waals surface area contributed by atoms with Gasteiger partial charge in [0.15, 0.2) is 5.17 Å². The molecular weight excluding hydrogens is 236 g/mol. The first-order valence-corrected chi connectivity index (χ1v) is 4.87. The average molecular weight is 247 g/mol. The van der Waals surface area contributed by atoms with Crippen molar-refractivity contribution in [2.45, 2.75) is 5.75 Å². The number of nitrogens with two attached hydrogens (primary N) is 1. The van der Waals surface area contributed by atoms with Crippen molar-refractivity contribution in [2.75, 3.05) is 0 Å². The molecule has 0 aromatic heterocycles. The predicted molar refractivity (Wildman–Crippen MR) is 63.9 cm³/mol. The molecule has 0 radical (unpaired) electrons. The molecule has 0 aliphatic carbocycles. The first-order valence-electron chi connectivity index (χ1n) is 3.88. The number of amidine groups is 1. The molecular formula is C9H11ClN2O2S. The lowest BCUT2D eigenvalue weighted by molar-refractivity contribution is 0.0697. The van der Waals surface area contributed by atoms with Gasteiger partial charge in [0, 0.05) is 5.75 Å². The molecule has 0 unspecified atom stereocenters. The van der Waals surface area contributed by atoms with Gasteiger partial charge in [-0.1, -0.05) is 23.9 Å². The molecule has 82 valence electrons. The van der Waals surface area contributed by atoms with Crippen molar-refractivity contribution in [2.24, 2.45) is 5.73 Å². The number of hydrogen-bond acceptors (Lipinski definition) is 3. The lowest BCUT2D eigenvalue weighted by Crippen LogP contribution is -2.04. The van der Waals surface area contributed by atoms with Crippen LogP contribution in [0.3, 0.4) is 0 Å². The van der Waals surface area contributed by atoms with E-state index < -0.39 is 5.97 Å². The fourth-order valence-electron chi connectivity index (χ4n) is 0.955. The number of thioether (sulfide) groups is 1. The van der Waals surface area contributed by atoms with Gasteiger partial charge >= 0.3 is 5.97 Å². The number of halogens is 1. The van der Waals surface area contributed by atoms with E-state index in [9.17, 15) is 4.79 Å². The maximum Gasteiger partial charge on any atom is 0.335 e. The molecule has 0 aliphatic rings. The molecule has 0 atom stereocenters. The lowest BCUT2D eigenvalue weighted by atomic mass is 10.1. The van der Waals surface area contributed by atoms with E-state index in [4.69, 9.17) is 16.2 Å². The predicted octanol–water partition coefficient (Wildman–Crippen LogP) is 1.93. The maximum atomic E-state index is 10.6. The third-order valence-corrected chi connectivity index (χ3v) is 2.36. The van der Waals surface area contributed by atoms with Gasteiger partial charge in [-0.15, -0.1) is 12.4 Å². The molecule has 0 fully saturated rings. The van der Waals surface area contributed by atoms with Gasteiger partial charge in [0.2, 0.25) is 0 Å². The Balaban J connectivity index is 0.00000196. The molecule has 0 aliphatic heterocycles. The zero-order chi connectivity index (χ0) is 10.6. The minimum Gasteiger partial charge on any atom is -0.478 e. The number of carboxylic acid groups (broad SMARTS) is 1. The Hall–Kier alpha value is -1.20. The highest BCUT2D eigenvalue weighted by molar-refractivity contribution is 8.13. The van der Waals surface area contributed by atoms with Crippen LogP contribution in [0.25, 0.3) is 0 Å². The summed E-state index contributed by atoms with van der Waals surface area (Å²) in [5.74, 6) is -0.420. The van der Waals surface area contributed by atoms with Crippen LogP contribution in [0.5, 0.6) is 0 Å². The van der Waals surface area contributed by atoms with Crippen LogP contribution in [0.4, 0.5) is 0 Å². The highest BCUT2D eigenvalue weighted by Crippen LogP contribution is 2.13. The van der Waals surface area contributed by atoms with Crippen molar-refractivity contribution in [3.05, 3.63) is 35.4 Å². The summed E-state index contributed by atoms with van der Waals surface area (Å²) < 4.78 is 0. The molecule has 0 spiro atoms. The number of benzene rings is 1. The van der Waals surface area contributed by atoms with Gasteiger partial charge in [0.1, 0.15) is 0 Å². The average Bonchev–Trinajstić information content (AvgIpc) is 2.15. The van der Waals surface area contributed by atoms with Crippen LogP contribution in [-0.2, 0) is 5.75 Å². The molecule has 1 aromatic rings. The fraction of sp³-hybridized carbons (Fsp3) is 0.111. The number of carboxylic acids is 1. The molecule has 4 N–H and O–H groups in total.